The van der Waals surface area contributed by atoms with E-state index in [1.165, 1.54) is 5.69 Å². The maximum absolute atomic E-state index is 13.1. The lowest BCUT2D eigenvalue weighted by atomic mass is 9.92. The van der Waals surface area contributed by atoms with Crippen LogP contribution in [0.2, 0.25) is 5.02 Å². The molecule has 1 amide bonds. The fourth-order valence-electron chi connectivity index (χ4n) is 4.33. The molecule has 31 heavy (non-hydrogen) atoms. The van der Waals surface area contributed by atoms with Gasteiger partial charge < -0.3 is 5.32 Å². The van der Waals surface area contributed by atoms with Gasteiger partial charge in [-0.15, -0.1) is 0 Å². The quantitative estimate of drug-likeness (QED) is 0.525. The molecular weight excluding hydrogens is 412 g/mol. The fourth-order valence-corrected chi connectivity index (χ4v) is 4.46. The number of aryl methyl sites for hydroxylation is 2. The molecule has 1 aliphatic carbocycles. The molecule has 0 aliphatic heterocycles. The van der Waals surface area contributed by atoms with Crippen molar-refractivity contribution in [2.45, 2.75) is 45.7 Å². The normalized spacial score (nSPS) is 15.8. The summed E-state index contributed by atoms with van der Waals surface area (Å²) in [5.41, 5.74) is 6.30. The molecule has 1 N–H and O–H groups in total. The second-order valence-corrected chi connectivity index (χ2v) is 8.52. The lowest BCUT2D eigenvalue weighted by Crippen LogP contribution is -2.31. The van der Waals surface area contributed by atoms with E-state index in [1.54, 1.807) is 10.7 Å². The average molecular weight is 435 g/mol. The third-order valence-corrected chi connectivity index (χ3v) is 6.09. The summed E-state index contributed by atoms with van der Waals surface area (Å²) in [5, 5.41) is 12.9. The van der Waals surface area contributed by atoms with Crippen molar-refractivity contribution in [3.05, 3.63) is 81.5 Å². The van der Waals surface area contributed by atoms with Crippen molar-refractivity contribution in [2.75, 3.05) is 0 Å². The molecule has 1 aromatic carbocycles. The van der Waals surface area contributed by atoms with Crippen LogP contribution in [0.1, 0.15) is 57.5 Å². The molecule has 0 saturated heterocycles. The van der Waals surface area contributed by atoms with Crippen LogP contribution in [-0.4, -0.2) is 30.3 Å². The summed E-state index contributed by atoms with van der Waals surface area (Å²) in [4.78, 5) is 17.6. The predicted octanol–water partition coefficient (Wildman–Crippen LogP) is 4.05. The first-order valence-corrected chi connectivity index (χ1v) is 10.8. The molecule has 1 aliphatic rings. The molecule has 8 heteroatoms. The largest absolute Gasteiger partial charge is 0.345 e. The van der Waals surface area contributed by atoms with E-state index in [-0.39, 0.29) is 11.9 Å². The van der Waals surface area contributed by atoms with Crippen molar-refractivity contribution in [3.8, 4) is 0 Å². The standard InChI is InChI=1S/C23H23ClN6O/c1-14-10-15(2)30-22(27-14)19(12-26-30)23(31)28-20-4-3-5-21-18(20)11-25-29(21)13-16-6-8-17(24)9-7-16/h6-12,20H,3-5,13H2,1-2H3,(H,28,31)/t20-/m0/s1. The Labute approximate surface area is 185 Å². The Hall–Kier alpha value is -3.19. The van der Waals surface area contributed by atoms with E-state index in [0.717, 1.165) is 46.8 Å². The van der Waals surface area contributed by atoms with Crippen LogP contribution in [0.15, 0.2) is 42.7 Å². The van der Waals surface area contributed by atoms with Crippen LogP contribution in [0.25, 0.3) is 5.65 Å². The number of amides is 1. The zero-order valence-electron chi connectivity index (χ0n) is 17.5. The molecule has 1 atom stereocenters. The Balaban J connectivity index is 1.39. The van der Waals surface area contributed by atoms with Gasteiger partial charge in [-0.25, -0.2) is 9.50 Å². The van der Waals surface area contributed by atoms with Crippen LogP contribution in [-0.2, 0) is 13.0 Å². The first-order chi connectivity index (χ1) is 15.0. The highest BCUT2D eigenvalue weighted by atomic mass is 35.5. The van der Waals surface area contributed by atoms with Gasteiger partial charge in [-0.3, -0.25) is 9.48 Å². The SMILES string of the molecule is Cc1cc(C)n2ncc(C(=O)N[C@H]3CCCc4c3cnn4Cc3ccc(Cl)cc3)c2n1. The second kappa shape index (κ2) is 7.81. The van der Waals surface area contributed by atoms with E-state index >= 15 is 0 Å². The summed E-state index contributed by atoms with van der Waals surface area (Å²) in [6.07, 6.45) is 6.31. The van der Waals surface area contributed by atoms with Crippen LogP contribution in [0, 0.1) is 13.8 Å². The summed E-state index contributed by atoms with van der Waals surface area (Å²) in [6.45, 7) is 4.56. The van der Waals surface area contributed by atoms with Crippen molar-refractivity contribution in [1.29, 1.82) is 0 Å². The van der Waals surface area contributed by atoms with Gasteiger partial charge in [0.25, 0.3) is 5.91 Å². The number of halogens is 1. The van der Waals surface area contributed by atoms with Crippen LogP contribution in [0.4, 0.5) is 0 Å². The number of carbonyl (C=O) groups is 1. The number of hydrogen-bond donors (Lipinski definition) is 1. The van der Waals surface area contributed by atoms with Gasteiger partial charge in [0, 0.05) is 27.7 Å². The van der Waals surface area contributed by atoms with E-state index in [9.17, 15) is 4.79 Å². The minimum atomic E-state index is -0.157. The van der Waals surface area contributed by atoms with Crippen LogP contribution in [0.3, 0.4) is 0 Å². The summed E-state index contributed by atoms with van der Waals surface area (Å²) in [6, 6.07) is 9.69. The fraction of sp³-hybridized carbons (Fsp3) is 0.304. The molecular formula is C23H23ClN6O. The number of hydrogen-bond acceptors (Lipinski definition) is 4. The summed E-state index contributed by atoms with van der Waals surface area (Å²) in [7, 11) is 0. The van der Waals surface area contributed by atoms with Crippen molar-refractivity contribution in [1.82, 2.24) is 29.7 Å². The maximum atomic E-state index is 13.1. The molecule has 0 spiro atoms. The van der Waals surface area contributed by atoms with Crippen LogP contribution < -0.4 is 5.32 Å². The molecule has 0 saturated carbocycles. The van der Waals surface area contributed by atoms with Crippen LogP contribution in [0.5, 0.6) is 0 Å². The molecule has 0 fully saturated rings. The van der Waals surface area contributed by atoms with E-state index in [2.05, 4.69) is 20.5 Å². The first kappa shape index (κ1) is 19.8. The van der Waals surface area contributed by atoms with E-state index in [4.69, 9.17) is 11.6 Å². The van der Waals surface area contributed by atoms with Crippen molar-refractivity contribution in [2.24, 2.45) is 0 Å². The molecule has 0 radical (unpaired) electrons. The number of rotatable bonds is 4. The highest BCUT2D eigenvalue weighted by Gasteiger charge is 2.27. The third-order valence-electron chi connectivity index (χ3n) is 5.84. The smallest absolute Gasteiger partial charge is 0.257 e. The molecule has 0 bridgehead atoms. The Morgan fingerprint density at radius 1 is 1.19 bits per heavy atom. The summed E-state index contributed by atoms with van der Waals surface area (Å²) < 4.78 is 3.73. The van der Waals surface area contributed by atoms with Gasteiger partial charge in [0.1, 0.15) is 5.56 Å². The highest BCUT2D eigenvalue weighted by molar-refractivity contribution is 6.30. The van der Waals surface area contributed by atoms with Gasteiger partial charge in [0.2, 0.25) is 0 Å². The number of carbonyl (C=O) groups excluding carboxylic acids is 1. The molecule has 5 rings (SSSR count). The number of aromatic nitrogens is 5. The second-order valence-electron chi connectivity index (χ2n) is 8.08. The van der Waals surface area contributed by atoms with Gasteiger partial charge in [0.05, 0.1) is 25.0 Å². The van der Waals surface area contributed by atoms with Crippen molar-refractivity contribution >= 4 is 23.2 Å². The van der Waals surface area contributed by atoms with Gasteiger partial charge in [-0.1, -0.05) is 23.7 Å². The minimum Gasteiger partial charge on any atom is -0.345 e. The first-order valence-electron chi connectivity index (χ1n) is 10.4. The van der Waals surface area contributed by atoms with Crippen molar-refractivity contribution in [3.63, 3.8) is 0 Å². The predicted molar refractivity (Wildman–Crippen MR) is 118 cm³/mol. The third kappa shape index (κ3) is 3.70. The van der Waals surface area contributed by atoms with E-state index < -0.39 is 0 Å². The monoisotopic (exact) mass is 434 g/mol. The Morgan fingerprint density at radius 2 is 2.00 bits per heavy atom. The Morgan fingerprint density at radius 3 is 2.81 bits per heavy atom. The molecule has 4 aromatic rings. The topological polar surface area (TPSA) is 77.1 Å². The summed E-state index contributed by atoms with van der Waals surface area (Å²) >= 11 is 6.00. The van der Waals surface area contributed by atoms with Gasteiger partial charge >= 0.3 is 0 Å². The molecule has 158 valence electrons. The number of nitrogens with one attached hydrogen (secondary N) is 1. The van der Waals surface area contributed by atoms with Gasteiger partial charge in [-0.05, 0) is 56.9 Å². The Kier molecular flexibility index (Phi) is 4.98. The van der Waals surface area contributed by atoms with E-state index in [1.807, 2.05) is 55.1 Å². The zero-order valence-corrected chi connectivity index (χ0v) is 18.2. The number of benzene rings is 1. The number of nitrogens with zero attached hydrogens (tertiary/aromatic N) is 5. The minimum absolute atomic E-state index is 0.0731. The maximum Gasteiger partial charge on any atom is 0.257 e. The van der Waals surface area contributed by atoms with Crippen molar-refractivity contribution < 1.29 is 4.79 Å². The lowest BCUT2D eigenvalue weighted by Gasteiger charge is -2.24. The molecule has 0 unspecified atom stereocenters. The highest BCUT2D eigenvalue weighted by Crippen LogP contribution is 2.30. The van der Waals surface area contributed by atoms with E-state index in [0.29, 0.717) is 17.8 Å². The Bertz CT molecular complexity index is 1270. The number of fused-ring (bicyclic) bond motifs is 2. The van der Waals surface area contributed by atoms with Crippen LogP contribution >= 0.6 is 11.6 Å². The zero-order chi connectivity index (χ0) is 21.5. The molecule has 3 aromatic heterocycles. The average Bonchev–Trinajstić information content (AvgIpc) is 3.35. The van der Waals surface area contributed by atoms with Gasteiger partial charge in [-0.2, -0.15) is 10.2 Å². The lowest BCUT2D eigenvalue weighted by molar-refractivity contribution is 0.0934. The molecule has 7 nitrogen and oxygen atoms in total. The summed E-state index contributed by atoms with van der Waals surface area (Å²) in [5.74, 6) is -0.157. The molecule has 3 heterocycles. The van der Waals surface area contributed by atoms with Gasteiger partial charge in [0.15, 0.2) is 5.65 Å².